The molecule has 3 aromatic rings. The number of ether oxygens (including phenoxy) is 2. The Labute approximate surface area is 171 Å². The molecule has 0 radical (unpaired) electrons. The molecular formula is C20H15F2N3O4S. The Morgan fingerprint density at radius 2 is 1.60 bits per heavy atom. The standard InChI is InChI=1S/C20H15F2N3O4S/c1-12-17(21)19(28-15-6-2-4-13(8-15)10-23)25-20(18(12)22)29-16-7-3-5-14(9-16)11-30(24,26)27/h2-9H,11H2,1H3,(H2,24,26,27). The summed E-state index contributed by atoms with van der Waals surface area (Å²) >= 11 is 0. The first kappa shape index (κ1) is 21.2. The molecule has 2 N–H and O–H groups in total. The van der Waals surface area contributed by atoms with Gasteiger partial charge in [-0.3, -0.25) is 0 Å². The van der Waals surface area contributed by atoms with Crippen molar-refractivity contribution in [2.75, 3.05) is 0 Å². The second-order valence-corrected chi connectivity index (χ2v) is 7.89. The second-order valence-electron chi connectivity index (χ2n) is 6.27. The van der Waals surface area contributed by atoms with E-state index in [1.165, 1.54) is 55.5 Å². The van der Waals surface area contributed by atoms with E-state index in [2.05, 4.69) is 4.98 Å². The van der Waals surface area contributed by atoms with E-state index in [1.54, 1.807) is 0 Å². The van der Waals surface area contributed by atoms with Gasteiger partial charge in [-0.25, -0.2) is 22.3 Å². The van der Waals surface area contributed by atoms with Gasteiger partial charge in [0.15, 0.2) is 11.6 Å². The van der Waals surface area contributed by atoms with Crippen molar-refractivity contribution < 1.29 is 26.7 Å². The number of aromatic nitrogens is 1. The summed E-state index contributed by atoms with van der Waals surface area (Å²) in [5, 5.41) is 14.0. The van der Waals surface area contributed by atoms with Gasteiger partial charge in [0, 0.05) is 5.56 Å². The molecule has 10 heteroatoms. The van der Waals surface area contributed by atoms with E-state index in [0.29, 0.717) is 5.56 Å². The van der Waals surface area contributed by atoms with Gasteiger partial charge in [-0.15, -0.1) is 0 Å². The second kappa shape index (κ2) is 8.44. The molecule has 3 rings (SSSR count). The Morgan fingerprint density at radius 1 is 1.03 bits per heavy atom. The van der Waals surface area contributed by atoms with Crippen LogP contribution in [0.15, 0.2) is 48.5 Å². The summed E-state index contributed by atoms with van der Waals surface area (Å²) in [6.07, 6.45) is 0. The van der Waals surface area contributed by atoms with Crippen LogP contribution in [0, 0.1) is 29.9 Å². The first-order chi connectivity index (χ1) is 14.2. The highest BCUT2D eigenvalue weighted by Gasteiger charge is 2.21. The third kappa shape index (κ3) is 5.08. The number of nitrogens with zero attached hydrogens (tertiary/aromatic N) is 2. The lowest BCUT2D eigenvalue weighted by Gasteiger charge is -2.13. The van der Waals surface area contributed by atoms with Gasteiger partial charge in [0.25, 0.3) is 11.8 Å². The van der Waals surface area contributed by atoms with Crippen LogP contribution in [0.2, 0.25) is 0 Å². The van der Waals surface area contributed by atoms with Crippen LogP contribution in [0.4, 0.5) is 8.78 Å². The molecule has 0 aliphatic heterocycles. The lowest BCUT2D eigenvalue weighted by molar-refractivity contribution is 0.373. The van der Waals surface area contributed by atoms with Gasteiger partial charge in [0.1, 0.15) is 11.5 Å². The number of nitriles is 1. The fourth-order valence-corrected chi connectivity index (χ4v) is 3.17. The minimum atomic E-state index is -3.77. The van der Waals surface area contributed by atoms with E-state index in [1.807, 2.05) is 6.07 Å². The number of benzene rings is 2. The first-order valence-corrected chi connectivity index (χ1v) is 10.2. The van der Waals surface area contributed by atoms with Crippen LogP contribution in [0.3, 0.4) is 0 Å². The van der Waals surface area contributed by atoms with Crippen LogP contribution in [0.5, 0.6) is 23.3 Å². The molecule has 0 saturated carbocycles. The molecule has 1 heterocycles. The van der Waals surface area contributed by atoms with E-state index in [-0.39, 0.29) is 22.6 Å². The summed E-state index contributed by atoms with van der Waals surface area (Å²) < 4.78 is 62.3. The normalized spacial score (nSPS) is 11.0. The first-order valence-electron chi connectivity index (χ1n) is 8.47. The highest BCUT2D eigenvalue weighted by molar-refractivity contribution is 7.88. The molecule has 154 valence electrons. The van der Waals surface area contributed by atoms with Crippen molar-refractivity contribution >= 4 is 10.0 Å². The SMILES string of the molecule is Cc1c(F)c(Oc2cccc(C#N)c2)nc(Oc2cccc(CS(N)(=O)=O)c2)c1F. The van der Waals surface area contributed by atoms with Crippen molar-refractivity contribution in [2.24, 2.45) is 5.14 Å². The summed E-state index contributed by atoms with van der Waals surface area (Å²) in [7, 11) is -3.77. The Kier molecular flexibility index (Phi) is 5.96. The Morgan fingerprint density at radius 3 is 2.17 bits per heavy atom. The zero-order valence-corrected chi connectivity index (χ0v) is 16.4. The highest BCUT2D eigenvalue weighted by atomic mass is 32.2. The zero-order chi connectivity index (χ0) is 21.9. The number of sulfonamides is 1. The molecule has 0 aliphatic rings. The fourth-order valence-electron chi connectivity index (χ4n) is 2.53. The highest BCUT2D eigenvalue weighted by Crippen LogP contribution is 2.33. The molecule has 0 saturated heterocycles. The molecule has 0 aliphatic carbocycles. The van der Waals surface area contributed by atoms with Crippen molar-refractivity contribution in [3.63, 3.8) is 0 Å². The maximum absolute atomic E-state index is 14.5. The monoisotopic (exact) mass is 431 g/mol. The zero-order valence-electron chi connectivity index (χ0n) is 15.6. The predicted octanol–water partition coefficient (Wildman–Crippen LogP) is 3.91. The van der Waals surface area contributed by atoms with E-state index < -0.39 is 39.2 Å². The van der Waals surface area contributed by atoms with Gasteiger partial charge in [0.2, 0.25) is 10.0 Å². The molecule has 2 aromatic carbocycles. The lowest BCUT2D eigenvalue weighted by Crippen LogP contribution is -2.14. The van der Waals surface area contributed by atoms with Crippen LogP contribution in [0.1, 0.15) is 16.7 Å². The number of rotatable bonds is 6. The fraction of sp³-hybridized carbons (Fsp3) is 0.100. The minimum Gasteiger partial charge on any atom is -0.436 e. The summed E-state index contributed by atoms with van der Waals surface area (Å²) in [5.41, 5.74) is 0.223. The van der Waals surface area contributed by atoms with Crippen molar-refractivity contribution in [3.8, 4) is 29.3 Å². The molecule has 30 heavy (non-hydrogen) atoms. The number of nitrogens with two attached hydrogens (primary N) is 1. The number of halogens is 2. The third-order valence-corrected chi connectivity index (χ3v) is 4.63. The number of primary sulfonamides is 1. The molecule has 0 fully saturated rings. The van der Waals surface area contributed by atoms with Crippen molar-refractivity contribution in [2.45, 2.75) is 12.7 Å². The predicted molar refractivity (Wildman–Crippen MR) is 103 cm³/mol. The number of hydrogen-bond donors (Lipinski definition) is 1. The van der Waals surface area contributed by atoms with E-state index in [0.717, 1.165) is 0 Å². The summed E-state index contributed by atoms with van der Waals surface area (Å²) in [4.78, 5) is 3.76. The molecular weight excluding hydrogens is 416 g/mol. The van der Waals surface area contributed by atoms with E-state index in [4.69, 9.17) is 19.9 Å². The smallest absolute Gasteiger partial charge is 0.259 e. The summed E-state index contributed by atoms with van der Waals surface area (Å²) in [6, 6.07) is 13.7. The maximum Gasteiger partial charge on any atom is 0.259 e. The van der Waals surface area contributed by atoms with Crippen LogP contribution in [-0.4, -0.2) is 13.4 Å². The Bertz CT molecular complexity index is 1260. The summed E-state index contributed by atoms with van der Waals surface area (Å²) in [6.45, 7) is 1.19. The molecule has 0 bridgehead atoms. The minimum absolute atomic E-state index is 0.0750. The van der Waals surface area contributed by atoms with Gasteiger partial charge in [-0.05, 0) is 42.8 Å². The van der Waals surface area contributed by atoms with Gasteiger partial charge in [0.05, 0.1) is 17.4 Å². The molecule has 0 amide bonds. The number of pyridine rings is 1. The van der Waals surface area contributed by atoms with Gasteiger partial charge in [-0.2, -0.15) is 10.2 Å². The molecule has 0 spiro atoms. The van der Waals surface area contributed by atoms with Crippen LogP contribution in [-0.2, 0) is 15.8 Å². The van der Waals surface area contributed by atoms with Crippen LogP contribution < -0.4 is 14.6 Å². The largest absolute Gasteiger partial charge is 0.436 e. The van der Waals surface area contributed by atoms with Crippen LogP contribution >= 0.6 is 0 Å². The third-order valence-electron chi connectivity index (χ3n) is 3.90. The average molecular weight is 431 g/mol. The molecule has 0 unspecified atom stereocenters. The average Bonchev–Trinajstić information content (AvgIpc) is 2.69. The molecule has 0 atom stereocenters. The van der Waals surface area contributed by atoms with E-state index >= 15 is 0 Å². The summed E-state index contributed by atoms with van der Waals surface area (Å²) in [5.74, 6) is -3.40. The lowest BCUT2D eigenvalue weighted by atomic mass is 10.2. The van der Waals surface area contributed by atoms with Gasteiger partial charge >= 0.3 is 0 Å². The molecule has 7 nitrogen and oxygen atoms in total. The topological polar surface area (TPSA) is 115 Å². The number of hydrogen-bond acceptors (Lipinski definition) is 6. The van der Waals surface area contributed by atoms with Gasteiger partial charge in [-0.1, -0.05) is 18.2 Å². The van der Waals surface area contributed by atoms with E-state index in [9.17, 15) is 17.2 Å². The quantitative estimate of drug-likeness (QED) is 0.633. The Balaban J connectivity index is 1.94. The Hall–Kier alpha value is -3.55. The van der Waals surface area contributed by atoms with Crippen LogP contribution in [0.25, 0.3) is 0 Å². The van der Waals surface area contributed by atoms with Crippen molar-refractivity contribution in [1.29, 1.82) is 5.26 Å². The maximum atomic E-state index is 14.5. The van der Waals surface area contributed by atoms with Crippen molar-refractivity contribution in [3.05, 3.63) is 76.9 Å². The van der Waals surface area contributed by atoms with Gasteiger partial charge < -0.3 is 9.47 Å². The van der Waals surface area contributed by atoms with Crippen molar-refractivity contribution in [1.82, 2.24) is 4.98 Å². The molecule has 1 aromatic heterocycles.